The maximum Gasteiger partial charge on any atom is 0.136 e. The molecule has 0 unspecified atom stereocenters. The summed E-state index contributed by atoms with van der Waals surface area (Å²) in [5.74, 6) is 0. The first-order valence-corrected chi connectivity index (χ1v) is 5.03. The van der Waals surface area contributed by atoms with E-state index in [9.17, 15) is 0 Å². The summed E-state index contributed by atoms with van der Waals surface area (Å²) in [5.41, 5.74) is 1.06. The molecule has 0 radical (unpaired) electrons. The second-order valence-corrected chi connectivity index (χ2v) is 3.28. The summed E-state index contributed by atoms with van der Waals surface area (Å²) in [5, 5.41) is 9.06. The molecular weight excluding hydrogens is 176 g/mol. The molecule has 11 heavy (non-hydrogen) atoms. The Hall–Kier alpha value is -0.610. The molecule has 2 rings (SSSR count). The van der Waals surface area contributed by atoms with Crippen molar-refractivity contribution >= 4 is 33.4 Å². The Morgan fingerprint density at radius 2 is 2.18 bits per heavy atom. The number of aromatic nitrogens is 2. The lowest BCUT2D eigenvalue weighted by molar-refractivity contribution is 1.03. The number of nitrogens with zero attached hydrogens (tertiary/aromatic N) is 1. The van der Waals surface area contributed by atoms with Crippen molar-refractivity contribution < 1.29 is 0 Å². The first kappa shape index (κ1) is 7.06. The van der Waals surface area contributed by atoms with Gasteiger partial charge in [-0.05, 0) is 16.9 Å². The Labute approximate surface area is 73.2 Å². The molecule has 1 N–H and O–H groups in total. The van der Waals surface area contributed by atoms with E-state index in [0.717, 1.165) is 15.9 Å². The van der Waals surface area contributed by atoms with E-state index in [0.29, 0.717) is 0 Å². The quantitative estimate of drug-likeness (QED) is 0.524. The van der Waals surface area contributed by atoms with E-state index in [-0.39, 0.29) is 0 Å². The molecule has 0 aliphatic carbocycles. The lowest BCUT2D eigenvalue weighted by Crippen LogP contribution is -1.64. The predicted molar refractivity (Wildman–Crippen MR) is 50.9 cm³/mol. The van der Waals surface area contributed by atoms with Crippen LogP contribution in [0.15, 0.2) is 29.3 Å². The van der Waals surface area contributed by atoms with Crippen molar-refractivity contribution in [1.29, 1.82) is 0 Å². The van der Waals surface area contributed by atoms with Crippen LogP contribution in [-0.2, 0) is 0 Å². The normalized spacial score (nSPS) is 10.6. The Bertz CT molecular complexity index is 369. The van der Waals surface area contributed by atoms with Gasteiger partial charge >= 0.3 is 0 Å². The molecule has 2 aromatic rings. The highest BCUT2D eigenvalue weighted by Crippen LogP contribution is 2.26. The Balaban J connectivity index is 2.76. The van der Waals surface area contributed by atoms with Gasteiger partial charge in [0.2, 0.25) is 0 Å². The van der Waals surface area contributed by atoms with Gasteiger partial charge in [0.15, 0.2) is 0 Å². The molecular formula is C7H6N2S2. The maximum atomic E-state index is 4.09. The third kappa shape index (κ3) is 1.12. The van der Waals surface area contributed by atoms with Crippen LogP contribution < -0.4 is 0 Å². The predicted octanol–water partition coefficient (Wildman–Crippen LogP) is 2.50. The van der Waals surface area contributed by atoms with Crippen molar-refractivity contribution in [2.75, 3.05) is 0 Å². The van der Waals surface area contributed by atoms with E-state index in [1.165, 1.54) is 10.8 Å². The molecule has 0 bridgehead atoms. The van der Waals surface area contributed by atoms with Gasteiger partial charge in [-0.15, -0.1) is 11.7 Å². The molecule has 0 saturated carbocycles. The standard InChI is InChI=1S/C7H6N2S2/c10-11-7-5-3-1-2-4-6(5)8-9-7/h1-4,10H,(H,8,9). The second kappa shape index (κ2) is 2.79. The van der Waals surface area contributed by atoms with Crippen molar-refractivity contribution in [2.24, 2.45) is 0 Å². The van der Waals surface area contributed by atoms with Crippen LogP contribution in [0.2, 0.25) is 0 Å². The highest BCUT2D eigenvalue weighted by Gasteiger charge is 2.01. The lowest BCUT2D eigenvalue weighted by Gasteiger charge is -1.87. The van der Waals surface area contributed by atoms with E-state index in [2.05, 4.69) is 21.9 Å². The summed E-state index contributed by atoms with van der Waals surface area (Å²) in [6.45, 7) is 0. The summed E-state index contributed by atoms with van der Waals surface area (Å²) in [7, 11) is 1.36. The molecule has 2 nitrogen and oxygen atoms in total. The molecule has 0 saturated heterocycles. The number of hydrogen-bond acceptors (Lipinski definition) is 3. The first-order chi connectivity index (χ1) is 5.42. The molecule has 0 aliphatic rings. The number of nitrogens with one attached hydrogen (secondary N) is 1. The number of H-pyrrole nitrogens is 1. The van der Waals surface area contributed by atoms with Crippen LogP contribution in [0.5, 0.6) is 0 Å². The SMILES string of the molecule is SSc1n[nH]c2ccccc12. The smallest absolute Gasteiger partial charge is 0.136 e. The zero-order valence-electron chi connectivity index (χ0n) is 5.61. The fourth-order valence-corrected chi connectivity index (χ4v) is 1.79. The molecule has 0 amide bonds. The molecule has 0 fully saturated rings. The molecule has 4 heteroatoms. The van der Waals surface area contributed by atoms with Gasteiger partial charge in [0.05, 0.1) is 5.52 Å². The minimum Gasteiger partial charge on any atom is -0.277 e. The van der Waals surface area contributed by atoms with Gasteiger partial charge in [0, 0.05) is 5.39 Å². The summed E-state index contributed by atoms with van der Waals surface area (Å²) in [4.78, 5) is 0. The summed E-state index contributed by atoms with van der Waals surface area (Å²) in [6, 6.07) is 7.99. The monoisotopic (exact) mass is 182 g/mol. The average molecular weight is 182 g/mol. The second-order valence-electron chi connectivity index (χ2n) is 2.17. The molecule has 0 atom stereocenters. The van der Waals surface area contributed by atoms with Gasteiger partial charge in [-0.3, -0.25) is 5.10 Å². The summed E-state index contributed by atoms with van der Waals surface area (Å²) in [6.07, 6.45) is 0. The van der Waals surface area contributed by atoms with Crippen molar-refractivity contribution in [1.82, 2.24) is 10.2 Å². The van der Waals surface area contributed by atoms with Crippen LogP contribution >= 0.6 is 22.5 Å². The Kier molecular flexibility index (Phi) is 1.79. The third-order valence-electron chi connectivity index (χ3n) is 1.52. The number of para-hydroxylation sites is 1. The van der Waals surface area contributed by atoms with Gasteiger partial charge in [0.1, 0.15) is 5.03 Å². The fraction of sp³-hybridized carbons (Fsp3) is 0. The van der Waals surface area contributed by atoms with E-state index >= 15 is 0 Å². The van der Waals surface area contributed by atoms with Crippen LogP contribution in [0, 0.1) is 0 Å². The molecule has 0 aliphatic heterocycles. The van der Waals surface area contributed by atoms with E-state index < -0.39 is 0 Å². The average Bonchev–Trinajstić information content (AvgIpc) is 2.47. The summed E-state index contributed by atoms with van der Waals surface area (Å²) < 4.78 is 0. The number of rotatable bonds is 1. The van der Waals surface area contributed by atoms with E-state index in [1.54, 1.807) is 0 Å². The van der Waals surface area contributed by atoms with Gasteiger partial charge < -0.3 is 0 Å². The van der Waals surface area contributed by atoms with Crippen molar-refractivity contribution in [2.45, 2.75) is 5.03 Å². The van der Waals surface area contributed by atoms with Gasteiger partial charge in [-0.25, -0.2) is 0 Å². The maximum absolute atomic E-state index is 4.09. The van der Waals surface area contributed by atoms with Crippen LogP contribution in [0.4, 0.5) is 0 Å². The summed E-state index contributed by atoms with van der Waals surface area (Å²) >= 11 is 4.09. The molecule has 0 spiro atoms. The zero-order valence-corrected chi connectivity index (χ0v) is 7.32. The van der Waals surface area contributed by atoms with Crippen molar-refractivity contribution in [3.63, 3.8) is 0 Å². The number of benzene rings is 1. The van der Waals surface area contributed by atoms with Gasteiger partial charge in [0.25, 0.3) is 0 Å². The van der Waals surface area contributed by atoms with Crippen LogP contribution in [-0.4, -0.2) is 10.2 Å². The minimum absolute atomic E-state index is 0.934. The van der Waals surface area contributed by atoms with Crippen LogP contribution in [0.1, 0.15) is 0 Å². The first-order valence-electron chi connectivity index (χ1n) is 3.16. The van der Waals surface area contributed by atoms with Crippen LogP contribution in [0.3, 0.4) is 0 Å². The highest BCUT2D eigenvalue weighted by atomic mass is 33.1. The molecule has 56 valence electrons. The molecule has 1 aromatic carbocycles. The van der Waals surface area contributed by atoms with E-state index in [1.807, 2.05) is 24.3 Å². The number of hydrogen-bond donors (Lipinski definition) is 2. The fourth-order valence-electron chi connectivity index (χ4n) is 1.01. The number of aromatic amines is 1. The Morgan fingerprint density at radius 1 is 1.36 bits per heavy atom. The zero-order chi connectivity index (χ0) is 7.68. The molecule has 1 aromatic heterocycles. The van der Waals surface area contributed by atoms with Gasteiger partial charge in [-0.1, -0.05) is 18.2 Å². The largest absolute Gasteiger partial charge is 0.277 e. The number of thiol groups is 1. The topological polar surface area (TPSA) is 28.7 Å². The third-order valence-corrected chi connectivity index (χ3v) is 2.52. The lowest BCUT2D eigenvalue weighted by atomic mass is 10.3. The van der Waals surface area contributed by atoms with Crippen molar-refractivity contribution in [3.8, 4) is 0 Å². The van der Waals surface area contributed by atoms with Crippen LogP contribution in [0.25, 0.3) is 10.9 Å². The minimum atomic E-state index is 0.934. The van der Waals surface area contributed by atoms with Gasteiger partial charge in [-0.2, -0.15) is 5.10 Å². The number of fused-ring (bicyclic) bond motifs is 1. The highest BCUT2D eigenvalue weighted by molar-refractivity contribution is 8.68. The van der Waals surface area contributed by atoms with Crippen molar-refractivity contribution in [3.05, 3.63) is 24.3 Å². The Morgan fingerprint density at radius 3 is 3.00 bits per heavy atom. The van der Waals surface area contributed by atoms with E-state index in [4.69, 9.17) is 0 Å². The molecule has 1 heterocycles.